The molecule has 0 aliphatic carbocycles. The van der Waals surface area contributed by atoms with Crippen LogP contribution in [0, 0.1) is 5.92 Å². The number of hydrogen-bond donors (Lipinski definition) is 2. The number of rotatable bonds is 6. The normalized spacial score (nSPS) is 16.6. The second-order valence-corrected chi connectivity index (χ2v) is 6.26. The number of amides is 2. The molecule has 2 amide bonds. The zero-order valence-corrected chi connectivity index (χ0v) is 14.6. The van der Waals surface area contributed by atoms with Crippen LogP contribution in [-0.4, -0.2) is 37.2 Å². The number of carbonyl (C=O) groups excluding carboxylic acids is 2. The Morgan fingerprint density at radius 2 is 1.88 bits per heavy atom. The van der Waals surface area contributed by atoms with Crippen LogP contribution in [0.4, 0.5) is 11.4 Å². The van der Waals surface area contributed by atoms with Gasteiger partial charge in [-0.2, -0.15) is 0 Å². The lowest BCUT2D eigenvalue weighted by Gasteiger charge is -2.17. The van der Waals surface area contributed by atoms with Crippen LogP contribution >= 0.6 is 0 Å². The lowest BCUT2D eigenvalue weighted by atomic mass is 10.1. The van der Waals surface area contributed by atoms with E-state index in [1.165, 1.54) is 0 Å². The minimum atomic E-state index is -0.387. The number of nitrogens with zero attached hydrogens (tertiary/aromatic N) is 1. The van der Waals surface area contributed by atoms with Gasteiger partial charge in [-0.15, -0.1) is 0 Å². The van der Waals surface area contributed by atoms with Gasteiger partial charge in [0.15, 0.2) is 0 Å². The van der Waals surface area contributed by atoms with Gasteiger partial charge in [0.05, 0.1) is 13.0 Å². The predicted molar refractivity (Wildman–Crippen MR) is 99.3 cm³/mol. The van der Waals surface area contributed by atoms with Crippen molar-refractivity contribution in [2.45, 2.75) is 12.8 Å². The number of nitrogens with one attached hydrogen (secondary N) is 1. The molecule has 1 saturated heterocycles. The van der Waals surface area contributed by atoms with Gasteiger partial charge in [-0.1, -0.05) is 12.1 Å². The summed E-state index contributed by atoms with van der Waals surface area (Å²) >= 11 is 0. The molecular formula is C20H22N2O4. The molecule has 1 atom stereocenters. The number of carbonyl (C=O) groups is 2. The maximum atomic E-state index is 12.5. The minimum absolute atomic E-state index is 0.0615. The second kappa shape index (κ2) is 8.01. The van der Waals surface area contributed by atoms with Crippen molar-refractivity contribution >= 4 is 23.2 Å². The molecule has 0 aromatic heterocycles. The Hall–Kier alpha value is -2.86. The van der Waals surface area contributed by atoms with Crippen molar-refractivity contribution in [2.24, 2.45) is 5.92 Å². The molecule has 1 aliphatic heterocycles. The van der Waals surface area contributed by atoms with E-state index in [1.807, 2.05) is 24.3 Å². The van der Waals surface area contributed by atoms with Gasteiger partial charge in [-0.3, -0.25) is 9.59 Å². The third-order valence-electron chi connectivity index (χ3n) is 4.50. The van der Waals surface area contributed by atoms with Gasteiger partial charge >= 0.3 is 0 Å². The van der Waals surface area contributed by atoms with E-state index in [0.29, 0.717) is 18.7 Å². The molecule has 1 unspecified atom stereocenters. The van der Waals surface area contributed by atoms with Crippen LogP contribution in [0.1, 0.15) is 12.0 Å². The molecule has 0 radical (unpaired) electrons. The summed E-state index contributed by atoms with van der Waals surface area (Å²) in [5.41, 5.74) is 2.46. The number of hydrogen-bond acceptors (Lipinski definition) is 4. The van der Waals surface area contributed by atoms with Crippen LogP contribution in [0.15, 0.2) is 48.5 Å². The molecule has 1 fully saturated rings. The molecule has 0 spiro atoms. The number of aliphatic hydroxyl groups is 1. The van der Waals surface area contributed by atoms with Gasteiger partial charge < -0.3 is 20.1 Å². The van der Waals surface area contributed by atoms with Crippen molar-refractivity contribution in [1.82, 2.24) is 0 Å². The van der Waals surface area contributed by atoms with Crippen LogP contribution in [0.3, 0.4) is 0 Å². The van der Waals surface area contributed by atoms with E-state index in [0.717, 1.165) is 17.0 Å². The molecule has 6 nitrogen and oxygen atoms in total. The van der Waals surface area contributed by atoms with Crippen molar-refractivity contribution in [3.05, 3.63) is 54.1 Å². The van der Waals surface area contributed by atoms with E-state index in [9.17, 15) is 9.59 Å². The second-order valence-electron chi connectivity index (χ2n) is 6.26. The van der Waals surface area contributed by atoms with Gasteiger partial charge in [0.2, 0.25) is 11.8 Å². The van der Waals surface area contributed by atoms with E-state index < -0.39 is 0 Å². The quantitative estimate of drug-likeness (QED) is 0.834. The molecule has 2 aromatic carbocycles. The Morgan fingerprint density at radius 3 is 2.50 bits per heavy atom. The van der Waals surface area contributed by atoms with Crippen molar-refractivity contribution in [3.63, 3.8) is 0 Å². The first-order valence-corrected chi connectivity index (χ1v) is 8.56. The van der Waals surface area contributed by atoms with Gasteiger partial charge in [0.1, 0.15) is 5.75 Å². The number of methoxy groups -OCH3 is 1. The molecule has 6 heteroatoms. The van der Waals surface area contributed by atoms with Gasteiger partial charge in [-0.05, 0) is 48.4 Å². The molecule has 3 rings (SSSR count). The highest BCUT2D eigenvalue weighted by molar-refractivity contribution is 6.03. The van der Waals surface area contributed by atoms with E-state index in [2.05, 4.69) is 5.32 Å². The molecule has 136 valence electrons. The fourth-order valence-corrected chi connectivity index (χ4v) is 3.02. The molecular weight excluding hydrogens is 332 g/mol. The Labute approximate surface area is 152 Å². The first-order chi connectivity index (χ1) is 12.6. The zero-order valence-electron chi connectivity index (χ0n) is 14.6. The number of aliphatic hydroxyl groups excluding tert-OH is 1. The Bertz CT molecular complexity index is 771. The largest absolute Gasteiger partial charge is 0.497 e. The van der Waals surface area contributed by atoms with Crippen LogP contribution in [0.25, 0.3) is 0 Å². The average Bonchev–Trinajstić information content (AvgIpc) is 3.05. The van der Waals surface area contributed by atoms with Crippen molar-refractivity contribution in [3.8, 4) is 5.75 Å². The lowest BCUT2D eigenvalue weighted by Crippen LogP contribution is -2.28. The summed E-state index contributed by atoms with van der Waals surface area (Å²) in [6, 6.07) is 14.6. The number of benzene rings is 2. The van der Waals surface area contributed by atoms with E-state index in [1.54, 1.807) is 36.3 Å². The highest BCUT2D eigenvalue weighted by Gasteiger charge is 2.35. The standard InChI is InChI=1S/C20H22N2O4/c1-26-18-8-6-17(7-9-18)22-13-15(12-19(22)24)20(25)21-16-4-2-14(3-5-16)10-11-23/h2-9,15,23H,10-13H2,1H3,(H,21,25). The molecule has 2 N–H and O–H groups in total. The number of anilines is 2. The molecule has 0 saturated carbocycles. The first kappa shape index (κ1) is 17.9. The Morgan fingerprint density at radius 1 is 1.19 bits per heavy atom. The van der Waals surface area contributed by atoms with Crippen molar-refractivity contribution in [2.75, 3.05) is 30.5 Å². The predicted octanol–water partition coefficient (Wildman–Crippen LogP) is 2.22. The van der Waals surface area contributed by atoms with Crippen LogP contribution in [0.2, 0.25) is 0 Å². The highest BCUT2D eigenvalue weighted by Crippen LogP contribution is 2.27. The highest BCUT2D eigenvalue weighted by atomic mass is 16.5. The lowest BCUT2D eigenvalue weighted by molar-refractivity contribution is -0.122. The fraction of sp³-hybridized carbons (Fsp3) is 0.300. The van der Waals surface area contributed by atoms with E-state index in [4.69, 9.17) is 9.84 Å². The molecule has 1 heterocycles. The van der Waals surface area contributed by atoms with Gasteiger partial charge in [-0.25, -0.2) is 0 Å². The average molecular weight is 354 g/mol. The van der Waals surface area contributed by atoms with Crippen LogP contribution in [-0.2, 0) is 16.0 Å². The summed E-state index contributed by atoms with van der Waals surface area (Å²) in [5, 5.41) is 11.8. The van der Waals surface area contributed by atoms with Crippen LogP contribution < -0.4 is 15.0 Å². The maximum absolute atomic E-state index is 12.5. The van der Waals surface area contributed by atoms with Gasteiger partial charge in [0.25, 0.3) is 0 Å². The van der Waals surface area contributed by atoms with Crippen molar-refractivity contribution in [1.29, 1.82) is 0 Å². The molecule has 0 bridgehead atoms. The van der Waals surface area contributed by atoms with E-state index in [-0.39, 0.29) is 30.8 Å². The molecule has 26 heavy (non-hydrogen) atoms. The summed E-state index contributed by atoms with van der Waals surface area (Å²) in [5.74, 6) is 0.110. The Kier molecular flexibility index (Phi) is 5.53. The smallest absolute Gasteiger partial charge is 0.229 e. The van der Waals surface area contributed by atoms with E-state index >= 15 is 0 Å². The summed E-state index contributed by atoms with van der Waals surface area (Å²) in [6.07, 6.45) is 0.780. The third-order valence-corrected chi connectivity index (χ3v) is 4.50. The minimum Gasteiger partial charge on any atom is -0.497 e. The SMILES string of the molecule is COc1ccc(N2CC(C(=O)Nc3ccc(CCO)cc3)CC2=O)cc1. The first-order valence-electron chi connectivity index (χ1n) is 8.56. The number of ether oxygens (including phenoxy) is 1. The topological polar surface area (TPSA) is 78.9 Å². The monoisotopic (exact) mass is 354 g/mol. The van der Waals surface area contributed by atoms with Gasteiger partial charge in [0, 0.05) is 30.9 Å². The Balaban J connectivity index is 1.62. The summed E-state index contributed by atoms with van der Waals surface area (Å²) in [4.78, 5) is 26.4. The molecule has 2 aromatic rings. The molecule has 1 aliphatic rings. The fourth-order valence-electron chi connectivity index (χ4n) is 3.02. The summed E-state index contributed by atoms with van der Waals surface area (Å²) < 4.78 is 5.13. The summed E-state index contributed by atoms with van der Waals surface area (Å²) in [6.45, 7) is 0.455. The third kappa shape index (κ3) is 4.03. The summed E-state index contributed by atoms with van der Waals surface area (Å²) in [7, 11) is 1.59. The zero-order chi connectivity index (χ0) is 18.5. The van der Waals surface area contributed by atoms with Crippen LogP contribution in [0.5, 0.6) is 5.75 Å². The maximum Gasteiger partial charge on any atom is 0.229 e. The van der Waals surface area contributed by atoms with Crippen molar-refractivity contribution < 1.29 is 19.4 Å².